The molecule has 0 aromatic heterocycles. The molecule has 0 fully saturated rings. The lowest BCUT2D eigenvalue weighted by molar-refractivity contribution is -0.159. The molecule has 0 radical (unpaired) electrons. The molecule has 0 spiro atoms. The number of alkyl halides is 2. The number of unbranched alkanes of at least 4 members (excludes halogenated alkanes) is 1. The van der Waals surface area contributed by atoms with Crippen LogP contribution >= 0.6 is 0 Å². The number of hydrogen-bond acceptors (Lipinski definition) is 6. The van der Waals surface area contributed by atoms with Gasteiger partial charge in [-0.05, 0) is 30.9 Å². The van der Waals surface area contributed by atoms with Crippen molar-refractivity contribution in [3.05, 3.63) is 28.8 Å². The number of carbonyl (C=O) groups excluding carboxylic acids is 2. The number of benzene rings is 1. The van der Waals surface area contributed by atoms with Crippen molar-refractivity contribution in [2.75, 3.05) is 0 Å². The Morgan fingerprint density at radius 3 is 1.94 bits per heavy atom. The van der Waals surface area contributed by atoms with Crippen molar-refractivity contribution in [3.8, 4) is 5.75 Å². The van der Waals surface area contributed by atoms with E-state index in [2.05, 4.69) is 12.6 Å². The largest absolute Gasteiger partial charge is 0.455 e. The zero-order valence-corrected chi connectivity index (χ0v) is 19.1. The molecule has 0 bridgehead atoms. The van der Waals surface area contributed by atoms with E-state index >= 15 is 0 Å². The maximum Gasteiger partial charge on any atom is 0.405 e. The fraction of sp³-hybridized carbons (Fsp3) is 0.556. The molecule has 31 heavy (non-hydrogen) atoms. The summed E-state index contributed by atoms with van der Waals surface area (Å²) in [5.74, 6) is -0.956. The number of rotatable bonds is 12. The van der Waals surface area contributed by atoms with Crippen LogP contribution in [0.2, 0.25) is 0 Å². The second-order valence-corrected chi connectivity index (χ2v) is 8.65. The standard InChI is InChI=1S/C18H27B3F2O7S/c1-11(18(22,23)31(26,27)28)29-15(24)4-2-3-5-16(25)30-17-13(9-20)6-12(8-19)7-14(17)10-21/h6-7,11H,2-5,8-10,19-21H2,1H3,(H,26,27,28). The molecule has 0 saturated heterocycles. The third-order valence-electron chi connectivity index (χ3n) is 4.83. The topological polar surface area (TPSA) is 107 Å². The van der Waals surface area contributed by atoms with E-state index in [0.29, 0.717) is 25.3 Å². The first-order valence-corrected chi connectivity index (χ1v) is 11.7. The predicted octanol–water partition coefficient (Wildman–Crippen LogP) is -0.0360. The normalized spacial score (nSPS) is 12.9. The lowest BCUT2D eigenvalue weighted by Crippen LogP contribution is -2.41. The lowest BCUT2D eigenvalue weighted by atomic mass is 9.85. The molecular formula is C18H27B3F2O7S. The second-order valence-electron chi connectivity index (χ2n) is 7.15. The van der Waals surface area contributed by atoms with Gasteiger partial charge in [-0.15, -0.1) is 0 Å². The fourth-order valence-electron chi connectivity index (χ4n) is 2.92. The Labute approximate surface area is 184 Å². The van der Waals surface area contributed by atoms with Crippen LogP contribution in [0.5, 0.6) is 5.75 Å². The molecule has 1 aromatic carbocycles. The van der Waals surface area contributed by atoms with Gasteiger partial charge in [-0.2, -0.15) is 17.2 Å². The van der Waals surface area contributed by atoms with Gasteiger partial charge in [0.2, 0.25) is 0 Å². The van der Waals surface area contributed by atoms with Crippen molar-refractivity contribution in [1.29, 1.82) is 0 Å². The maximum absolute atomic E-state index is 13.4. The van der Waals surface area contributed by atoms with E-state index in [9.17, 15) is 26.8 Å². The molecule has 0 aliphatic rings. The predicted molar refractivity (Wildman–Crippen MR) is 119 cm³/mol. The Kier molecular flexibility index (Phi) is 10.2. The molecule has 0 aliphatic carbocycles. The number of halogens is 2. The highest BCUT2D eigenvalue weighted by molar-refractivity contribution is 7.86. The van der Waals surface area contributed by atoms with Crippen LogP contribution in [0.3, 0.4) is 0 Å². The van der Waals surface area contributed by atoms with Crippen LogP contribution in [0.15, 0.2) is 12.1 Å². The Balaban J connectivity index is 2.56. The average Bonchev–Trinajstić information content (AvgIpc) is 2.70. The molecule has 7 nitrogen and oxygen atoms in total. The minimum Gasteiger partial charge on any atom is -0.455 e. The lowest BCUT2D eigenvalue weighted by Gasteiger charge is -2.20. The Hall–Kier alpha value is -1.88. The summed E-state index contributed by atoms with van der Waals surface area (Å²) in [6, 6.07) is 4.03. The fourth-order valence-corrected chi connectivity index (χ4v) is 3.39. The van der Waals surface area contributed by atoms with Crippen molar-refractivity contribution in [1.82, 2.24) is 0 Å². The molecule has 1 atom stereocenters. The number of carbonyl (C=O) groups is 2. The molecule has 13 heteroatoms. The summed E-state index contributed by atoms with van der Waals surface area (Å²) in [5, 5.41) is -4.60. The van der Waals surface area contributed by atoms with Crippen molar-refractivity contribution in [2.24, 2.45) is 0 Å². The second kappa shape index (κ2) is 11.7. The smallest absolute Gasteiger partial charge is 0.405 e. The van der Waals surface area contributed by atoms with Gasteiger partial charge in [0.05, 0.1) is 0 Å². The van der Waals surface area contributed by atoms with Crippen molar-refractivity contribution in [2.45, 2.75) is 62.9 Å². The molecule has 1 unspecified atom stereocenters. The summed E-state index contributed by atoms with van der Waals surface area (Å²) in [4.78, 5) is 23.9. The summed E-state index contributed by atoms with van der Waals surface area (Å²) in [6.07, 6.45) is 0.103. The van der Waals surface area contributed by atoms with Crippen LogP contribution in [0.4, 0.5) is 8.78 Å². The number of hydrogen-bond donors (Lipinski definition) is 1. The van der Waals surface area contributed by atoms with Crippen LogP contribution in [-0.4, -0.2) is 59.8 Å². The Morgan fingerprint density at radius 2 is 1.52 bits per heavy atom. The summed E-state index contributed by atoms with van der Waals surface area (Å²) in [5.41, 5.74) is 3.06. The number of ether oxygens (including phenoxy) is 2. The highest BCUT2D eigenvalue weighted by Crippen LogP contribution is 2.28. The summed E-state index contributed by atoms with van der Waals surface area (Å²) >= 11 is 0. The van der Waals surface area contributed by atoms with E-state index in [4.69, 9.17) is 9.29 Å². The minimum atomic E-state index is -5.70. The van der Waals surface area contributed by atoms with Gasteiger partial charge in [-0.1, -0.05) is 36.7 Å². The molecule has 170 valence electrons. The Morgan fingerprint density at radius 1 is 1.03 bits per heavy atom. The van der Waals surface area contributed by atoms with E-state index in [-0.39, 0.29) is 25.7 Å². The first kappa shape index (κ1) is 27.2. The Bertz CT molecular complexity index is 869. The molecule has 0 aliphatic heterocycles. The maximum atomic E-state index is 13.4. The number of esters is 2. The van der Waals surface area contributed by atoms with E-state index in [1.54, 1.807) is 0 Å². The van der Waals surface area contributed by atoms with Gasteiger partial charge in [0, 0.05) is 12.8 Å². The quantitative estimate of drug-likeness (QED) is 0.154. The van der Waals surface area contributed by atoms with Gasteiger partial charge in [0.15, 0.2) is 6.10 Å². The van der Waals surface area contributed by atoms with Gasteiger partial charge in [-0.25, -0.2) is 0 Å². The molecule has 0 heterocycles. The van der Waals surface area contributed by atoms with E-state index < -0.39 is 33.4 Å². The molecule has 1 N–H and O–H groups in total. The van der Waals surface area contributed by atoms with E-state index in [1.165, 1.54) is 5.56 Å². The van der Waals surface area contributed by atoms with Gasteiger partial charge < -0.3 is 9.47 Å². The van der Waals surface area contributed by atoms with Crippen LogP contribution in [-0.2, 0) is 43.4 Å². The van der Waals surface area contributed by atoms with Crippen molar-refractivity contribution >= 4 is 45.6 Å². The summed E-state index contributed by atoms with van der Waals surface area (Å²) in [6.45, 7) is 0.670. The molecule has 1 aromatic rings. The minimum absolute atomic E-state index is 0.0197. The van der Waals surface area contributed by atoms with Crippen molar-refractivity contribution in [3.63, 3.8) is 0 Å². The molecule has 0 amide bonds. The third kappa shape index (κ3) is 7.64. The zero-order chi connectivity index (χ0) is 23.8. The molecule has 0 saturated carbocycles. The first-order valence-electron chi connectivity index (χ1n) is 10.3. The highest BCUT2D eigenvalue weighted by Gasteiger charge is 2.51. The van der Waals surface area contributed by atoms with Crippen LogP contribution in [0.25, 0.3) is 0 Å². The van der Waals surface area contributed by atoms with Crippen molar-refractivity contribution < 1.29 is 40.8 Å². The van der Waals surface area contributed by atoms with Gasteiger partial charge >= 0.3 is 27.3 Å². The highest BCUT2D eigenvalue weighted by atomic mass is 32.2. The molecular weight excluding hydrogens is 431 g/mol. The monoisotopic (exact) mass is 458 g/mol. The van der Waals surface area contributed by atoms with Crippen LogP contribution in [0.1, 0.15) is 49.3 Å². The van der Waals surface area contributed by atoms with Crippen LogP contribution < -0.4 is 4.74 Å². The zero-order valence-electron chi connectivity index (χ0n) is 18.2. The van der Waals surface area contributed by atoms with E-state index in [0.717, 1.165) is 17.4 Å². The van der Waals surface area contributed by atoms with Crippen LogP contribution in [0, 0.1) is 0 Å². The van der Waals surface area contributed by atoms with Gasteiger partial charge in [0.1, 0.15) is 29.3 Å². The average molecular weight is 458 g/mol. The molecule has 1 rings (SSSR count). The first-order chi connectivity index (χ1) is 14.4. The van der Waals surface area contributed by atoms with Gasteiger partial charge in [-0.3, -0.25) is 14.1 Å². The summed E-state index contributed by atoms with van der Waals surface area (Å²) in [7, 11) is 0.302. The third-order valence-corrected chi connectivity index (χ3v) is 5.85. The summed E-state index contributed by atoms with van der Waals surface area (Å²) < 4.78 is 66.5. The van der Waals surface area contributed by atoms with E-state index in [1.807, 2.05) is 27.8 Å². The SMILES string of the molecule is BCc1cc(CB)c(OC(=O)CCCCC(=O)OC(C)C(F)(F)S(=O)(=O)O)c(CB)c1. The van der Waals surface area contributed by atoms with Gasteiger partial charge in [0.25, 0.3) is 0 Å².